The normalized spacial score (nSPS) is 22.3. The lowest BCUT2D eigenvalue weighted by molar-refractivity contribution is 0.615. The van der Waals surface area contributed by atoms with Crippen molar-refractivity contribution in [3.63, 3.8) is 0 Å². The molecule has 25 heavy (non-hydrogen) atoms. The number of piperazine rings is 1. The van der Waals surface area contributed by atoms with E-state index in [0.717, 1.165) is 25.2 Å². The Morgan fingerprint density at radius 3 is 2.76 bits per heavy atom. The van der Waals surface area contributed by atoms with Gasteiger partial charge >= 0.3 is 0 Å². The zero-order valence-corrected chi connectivity index (χ0v) is 13.8. The molecular formula is C18H18FN5O. The van der Waals surface area contributed by atoms with Crippen LogP contribution in [0.4, 0.5) is 16.0 Å². The lowest BCUT2D eigenvalue weighted by Gasteiger charge is -2.35. The zero-order chi connectivity index (χ0) is 17.1. The highest BCUT2D eigenvalue weighted by Crippen LogP contribution is 2.36. The quantitative estimate of drug-likeness (QED) is 0.774. The van der Waals surface area contributed by atoms with Gasteiger partial charge in [0.05, 0.1) is 11.4 Å². The third kappa shape index (κ3) is 2.15. The molecule has 1 aromatic carbocycles. The fourth-order valence-corrected chi connectivity index (χ4v) is 4.17. The van der Waals surface area contributed by atoms with Crippen LogP contribution in [-0.2, 0) is 7.05 Å². The summed E-state index contributed by atoms with van der Waals surface area (Å²) in [5.41, 5.74) is 1.51. The molecule has 2 bridgehead atoms. The second-order valence-electron chi connectivity index (χ2n) is 6.88. The molecule has 0 saturated carbocycles. The number of rotatable bonds is 2. The Kier molecular flexibility index (Phi) is 2.95. The van der Waals surface area contributed by atoms with Crippen molar-refractivity contribution in [1.82, 2.24) is 14.5 Å². The number of anilines is 2. The van der Waals surface area contributed by atoms with E-state index in [1.165, 1.54) is 6.07 Å². The molecule has 5 rings (SSSR count). The predicted octanol–water partition coefficient (Wildman–Crippen LogP) is 1.87. The van der Waals surface area contributed by atoms with Crippen LogP contribution in [0.15, 0.2) is 41.3 Å². The molecule has 2 unspecified atom stereocenters. The Morgan fingerprint density at radius 1 is 1.20 bits per heavy atom. The van der Waals surface area contributed by atoms with E-state index in [-0.39, 0.29) is 17.4 Å². The SMILES string of the molecule is Cn1ccc2c(=O)[nH]c(N3CC4CC3CN4c3cccc(F)c3)nc21. The molecule has 128 valence electrons. The van der Waals surface area contributed by atoms with E-state index in [1.807, 2.05) is 23.9 Å². The highest BCUT2D eigenvalue weighted by Gasteiger charge is 2.44. The molecule has 7 heteroatoms. The molecule has 2 fully saturated rings. The maximum Gasteiger partial charge on any atom is 0.261 e. The van der Waals surface area contributed by atoms with Crippen LogP contribution < -0.4 is 15.4 Å². The van der Waals surface area contributed by atoms with Crippen LogP contribution in [0.1, 0.15) is 6.42 Å². The van der Waals surface area contributed by atoms with Gasteiger partial charge in [-0.1, -0.05) is 6.07 Å². The average molecular weight is 339 g/mol. The van der Waals surface area contributed by atoms with Crippen LogP contribution in [-0.4, -0.2) is 39.7 Å². The highest BCUT2D eigenvalue weighted by molar-refractivity contribution is 5.76. The molecule has 2 aromatic heterocycles. The van der Waals surface area contributed by atoms with Gasteiger partial charge in [-0.25, -0.2) is 4.39 Å². The number of H-pyrrole nitrogens is 1. The van der Waals surface area contributed by atoms with Crippen molar-refractivity contribution >= 4 is 22.7 Å². The van der Waals surface area contributed by atoms with Gasteiger partial charge in [0, 0.05) is 38.1 Å². The van der Waals surface area contributed by atoms with Crippen LogP contribution >= 0.6 is 0 Å². The number of fused-ring (bicyclic) bond motifs is 3. The third-order valence-electron chi connectivity index (χ3n) is 5.37. The number of aromatic nitrogens is 3. The zero-order valence-electron chi connectivity index (χ0n) is 13.8. The lowest BCUT2D eigenvalue weighted by atomic mass is 10.2. The number of nitrogens with one attached hydrogen (secondary N) is 1. The Morgan fingerprint density at radius 2 is 2.00 bits per heavy atom. The maximum absolute atomic E-state index is 13.5. The third-order valence-corrected chi connectivity index (χ3v) is 5.37. The number of hydrogen-bond donors (Lipinski definition) is 1. The number of benzene rings is 1. The number of aromatic amines is 1. The van der Waals surface area contributed by atoms with E-state index in [0.29, 0.717) is 23.0 Å². The molecule has 2 aliphatic heterocycles. The van der Waals surface area contributed by atoms with Crippen LogP contribution in [0.2, 0.25) is 0 Å². The Balaban J connectivity index is 1.46. The van der Waals surface area contributed by atoms with Gasteiger partial charge in [0.2, 0.25) is 5.95 Å². The molecule has 6 nitrogen and oxygen atoms in total. The first kappa shape index (κ1) is 14.5. The fraction of sp³-hybridized carbons (Fsp3) is 0.333. The summed E-state index contributed by atoms with van der Waals surface area (Å²) in [4.78, 5) is 24.3. The monoisotopic (exact) mass is 339 g/mol. The van der Waals surface area contributed by atoms with Crippen molar-refractivity contribution in [2.75, 3.05) is 22.9 Å². The number of halogens is 1. The molecule has 2 saturated heterocycles. The summed E-state index contributed by atoms with van der Waals surface area (Å²) >= 11 is 0. The van der Waals surface area contributed by atoms with Crippen molar-refractivity contribution < 1.29 is 4.39 Å². The molecule has 1 N–H and O–H groups in total. The standard InChI is InChI=1S/C18H18FN5O/c1-22-6-5-15-16(22)20-18(21-17(15)25)24-10-13-8-14(24)9-23(13)12-4-2-3-11(19)7-12/h2-7,13-14H,8-10H2,1H3,(H,20,21,25). The van der Waals surface area contributed by atoms with E-state index in [2.05, 4.69) is 19.8 Å². The summed E-state index contributed by atoms with van der Waals surface area (Å²) in [7, 11) is 1.89. The maximum atomic E-state index is 13.5. The van der Waals surface area contributed by atoms with Gasteiger partial charge < -0.3 is 14.4 Å². The molecule has 0 amide bonds. The minimum absolute atomic E-state index is 0.106. The van der Waals surface area contributed by atoms with Gasteiger partial charge in [0.25, 0.3) is 5.56 Å². The largest absolute Gasteiger partial charge is 0.365 e. The average Bonchev–Trinajstić information content (AvgIpc) is 3.29. The second kappa shape index (κ2) is 5.08. The summed E-state index contributed by atoms with van der Waals surface area (Å²) in [5, 5.41) is 0.608. The van der Waals surface area contributed by atoms with Crippen molar-refractivity contribution in [3.8, 4) is 0 Å². The molecule has 3 aromatic rings. The number of nitrogens with zero attached hydrogens (tertiary/aromatic N) is 4. The van der Waals surface area contributed by atoms with Crippen LogP contribution in [0.25, 0.3) is 11.0 Å². The second-order valence-corrected chi connectivity index (χ2v) is 6.88. The van der Waals surface area contributed by atoms with E-state index < -0.39 is 0 Å². The van der Waals surface area contributed by atoms with Crippen LogP contribution in [0.5, 0.6) is 0 Å². The van der Waals surface area contributed by atoms with Gasteiger partial charge in [-0.2, -0.15) is 4.98 Å². The van der Waals surface area contributed by atoms with E-state index in [1.54, 1.807) is 18.2 Å². The van der Waals surface area contributed by atoms with Gasteiger partial charge in [0.15, 0.2) is 0 Å². The molecule has 0 radical (unpaired) electrons. The summed E-state index contributed by atoms with van der Waals surface area (Å²) in [6.45, 7) is 1.59. The summed E-state index contributed by atoms with van der Waals surface area (Å²) in [5.74, 6) is 0.419. The van der Waals surface area contributed by atoms with Crippen LogP contribution in [0, 0.1) is 5.82 Å². The van der Waals surface area contributed by atoms with Crippen molar-refractivity contribution in [1.29, 1.82) is 0 Å². The predicted molar refractivity (Wildman–Crippen MR) is 94.6 cm³/mol. The minimum atomic E-state index is -0.211. The van der Waals surface area contributed by atoms with Gasteiger partial charge in [0.1, 0.15) is 11.5 Å². The van der Waals surface area contributed by atoms with Gasteiger partial charge in [-0.3, -0.25) is 9.78 Å². The summed E-state index contributed by atoms with van der Waals surface area (Å²) in [6.07, 6.45) is 2.84. The number of aryl methyl sites for hydroxylation is 1. The number of hydrogen-bond acceptors (Lipinski definition) is 4. The van der Waals surface area contributed by atoms with Crippen molar-refractivity contribution in [2.24, 2.45) is 7.05 Å². The molecule has 0 spiro atoms. The Hall–Kier alpha value is -2.83. The van der Waals surface area contributed by atoms with Crippen LogP contribution in [0.3, 0.4) is 0 Å². The van der Waals surface area contributed by atoms with E-state index in [9.17, 15) is 9.18 Å². The molecule has 4 heterocycles. The Labute approximate surface area is 143 Å². The minimum Gasteiger partial charge on any atom is -0.365 e. The van der Waals surface area contributed by atoms with E-state index >= 15 is 0 Å². The topological polar surface area (TPSA) is 57.2 Å². The van der Waals surface area contributed by atoms with E-state index in [4.69, 9.17) is 0 Å². The Bertz CT molecular complexity index is 1030. The van der Waals surface area contributed by atoms with Crippen molar-refractivity contribution in [3.05, 3.63) is 52.7 Å². The highest BCUT2D eigenvalue weighted by atomic mass is 19.1. The molecule has 0 aliphatic carbocycles. The first-order valence-electron chi connectivity index (χ1n) is 8.44. The fourth-order valence-electron chi connectivity index (χ4n) is 4.17. The first-order chi connectivity index (χ1) is 12.1. The molecule has 2 atom stereocenters. The van der Waals surface area contributed by atoms with Crippen molar-refractivity contribution in [2.45, 2.75) is 18.5 Å². The molecular weight excluding hydrogens is 321 g/mol. The van der Waals surface area contributed by atoms with Gasteiger partial charge in [-0.15, -0.1) is 0 Å². The first-order valence-corrected chi connectivity index (χ1v) is 8.44. The summed E-state index contributed by atoms with van der Waals surface area (Å²) in [6, 6.07) is 9.11. The van der Waals surface area contributed by atoms with Gasteiger partial charge in [-0.05, 0) is 30.7 Å². The smallest absolute Gasteiger partial charge is 0.261 e. The summed E-state index contributed by atoms with van der Waals surface area (Å²) < 4.78 is 15.4. The molecule has 2 aliphatic rings. The lowest BCUT2D eigenvalue weighted by Crippen LogP contribution is -2.47.